The van der Waals surface area contributed by atoms with Gasteiger partial charge in [-0.3, -0.25) is 28.0 Å². The normalized spacial score (nSPS) is 29.5. The smallest absolute Gasteiger partial charge is 0.390 e. The van der Waals surface area contributed by atoms with E-state index < -0.39 is 93.0 Å². The van der Waals surface area contributed by atoms with Gasteiger partial charge in [0.2, 0.25) is 5.95 Å². The fourth-order valence-corrected chi connectivity index (χ4v) is 10.1. The summed E-state index contributed by atoms with van der Waals surface area (Å²) in [5, 5.41) is 31.3. The van der Waals surface area contributed by atoms with Gasteiger partial charge in [-0.1, -0.05) is 0 Å². The van der Waals surface area contributed by atoms with Gasteiger partial charge in [0.1, 0.15) is 42.5 Å². The minimum atomic E-state index is -6.17. The molecule has 11 atom stereocenters. The summed E-state index contributed by atoms with van der Waals surface area (Å²) < 4.78 is 83.6. The van der Waals surface area contributed by atoms with E-state index in [1.54, 1.807) is 0 Å². The molecule has 2 aliphatic rings. The lowest BCUT2D eigenvalue weighted by molar-refractivity contribution is -0.0503. The van der Waals surface area contributed by atoms with E-state index in [1.165, 1.54) is 4.57 Å². The van der Waals surface area contributed by atoms with E-state index in [2.05, 4.69) is 51.9 Å². The van der Waals surface area contributed by atoms with Crippen LogP contribution in [0.15, 0.2) is 23.8 Å². The Bertz CT molecular complexity index is 2270. The predicted molar refractivity (Wildman–Crippen MR) is 167 cm³/mol. The Morgan fingerprint density at radius 2 is 1.36 bits per heavy atom. The first-order chi connectivity index (χ1) is 24.6. The van der Waals surface area contributed by atoms with Crippen molar-refractivity contribution in [2.24, 2.45) is 0 Å². The number of ether oxygens (including phenoxy) is 2. The van der Waals surface area contributed by atoms with Gasteiger partial charge in [0.05, 0.1) is 32.0 Å². The zero-order chi connectivity index (χ0) is 38.7. The number of nitrogen functional groups attached to an aromatic ring is 2. The topological polar surface area (TPSA) is 434 Å². The number of aromatic amines is 1. The summed E-state index contributed by atoms with van der Waals surface area (Å²) in [6, 6.07) is 0. The average molecular weight is 836 g/mol. The molecule has 292 valence electrons. The van der Waals surface area contributed by atoms with E-state index in [9.17, 15) is 57.9 Å². The van der Waals surface area contributed by atoms with Crippen LogP contribution in [-0.4, -0.2) is 118 Å². The van der Waals surface area contributed by atoms with E-state index in [-0.39, 0.29) is 40.5 Å². The second-order valence-corrected chi connectivity index (χ2v) is 17.3. The van der Waals surface area contributed by atoms with Gasteiger partial charge < -0.3 is 55.8 Å². The van der Waals surface area contributed by atoms with E-state index in [4.69, 9.17) is 20.9 Å². The highest BCUT2D eigenvalue weighted by Gasteiger charge is 2.49. The summed E-state index contributed by atoms with van der Waals surface area (Å²) in [6.45, 7) is -2.10. The zero-order valence-electron chi connectivity index (χ0n) is 26.0. The Balaban J connectivity index is 1.01. The van der Waals surface area contributed by atoms with Crippen molar-refractivity contribution in [3.8, 4) is 0 Å². The number of nitrogens with zero attached hydrogens (tertiary/aromatic N) is 7. The van der Waals surface area contributed by atoms with Crippen LogP contribution in [0.1, 0.15) is 18.9 Å². The maximum absolute atomic E-state index is 12.4. The maximum Gasteiger partial charge on any atom is 0.490 e. The quantitative estimate of drug-likeness (QED) is 0.0607. The minimum absolute atomic E-state index is 0.0123. The summed E-state index contributed by atoms with van der Waals surface area (Å²) in [5.74, 6) is -0.262. The summed E-state index contributed by atoms with van der Waals surface area (Å²) in [5.41, 5.74) is 10.7. The van der Waals surface area contributed by atoms with Gasteiger partial charge in [-0.15, -0.1) is 0 Å². The molecule has 0 radical (unpaired) electrons. The van der Waals surface area contributed by atoms with Gasteiger partial charge in [0.25, 0.3) is 5.56 Å². The number of rotatable bonds is 14. The monoisotopic (exact) mass is 836 g/mol. The maximum atomic E-state index is 12.4. The number of aliphatic hydroxyl groups is 3. The number of phosphoric acid groups is 4. The minimum Gasteiger partial charge on any atom is -0.390 e. The van der Waals surface area contributed by atoms with Gasteiger partial charge in [-0.2, -0.15) is 17.9 Å². The third-order valence-electron chi connectivity index (χ3n) is 7.39. The Hall–Kier alpha value is -3.14. The molecule has 2 saturated heterocycles. The summed E-state index contributed by atoms with van der Waals surface area (Å²) in [7, 11) is -23.8. The van der Waals surface area contributed by atoms with Gasteiger partial charge in [0.15, 0.2) is 28.9 Å². The highest BCUT2D eigenvalue weighted by Crippen LogP contribution is 2.71. The SMILES string of the molecule is Nc1nc2c(ncn2[C@H]2C[C@H](O)[C@@H](COP(=O)(O)OP(=O)(O)OP(=O)(O)OP(=O)(O)OC[C@H]3O[C@@H](n4cnc5c(N)ncnc54)[C@H](O)[C@@H]3O)O2)c(=O)[nH]1. The second-order valence-electron chi connectivity index (χ2n) is 11.0. The van der Waals surface area contributed by atoms with E-state index in [1.807, 2.05) is 0 Å². The number of H-pyrrole nitrogens is 1. The first-order valence-corrected chi connectivity index (χ1v) is 20.4. The molecule has 2 fully saturated rings. The number of imidazole rings is 2. The fourth-order valence-electron chi connectivity index (χ4n) is 5.15. The van der Waals surface area contributed by atoms with Crippen molar-refractivity contribution in [1.82, 2.24) is 39.0 Å². The molecule has 53 heavy (non-hydrogen) atoms. The average Bonchev–Trinajstić information content (AvgIpc) is 3.79. The van der Waals surface area contributed by atoms with Gasteiger partial charge in [0, 0.05) is 6.42 Å². The molecule has 6 heterocycles. The molecular weight excluding hydrogens is 808 g/mol. The van der Waals surface area contributed by atoms with Crippen LogP contribution in [0.2, 0.25) is 0 Å². The number of anilines is 2. The molecule has 0 spiro atoms. The van der Waals surface area contributed by atoms with Crippen LogP contribution in [0, 0.1) is 0 Å². The van der Waals surface area contributed by atoms with Crippen molar-refractivity contribution >= 4 is 65.4 Å². The molecule has 4 aromatic rings. The summed E-state index contributed by atoms with van der Waals surface area (Å²) in [4.78, 5) is 73.4. The number of nitrogens with one attached hydrogen (secondary N) is 1. The van der Waals surface area contributed by atoms with Crippen molar-refractivity contribution in [3.63, 3.8) is 0 Å². The van der Waals surface area contributed by atoms with Crippen molar-refractivity contribution < 1.29 is 84.6 Å². The summed E-state index contributed by atoms with van der Waals surface area (Å²) in [6.07, 6.45) is -7.17. The second kappa shape index (κ2) is 14.5. The molecule has 6 rings (SSSR count). The Morgan fingerprint density at radius 1 is 0.774 bits per heavy atom. The van der Waals surface area contributed by atoms with Gasteiger partial charge in [-0.05, 0) is 0 Å². The van der Waals surface area contributed by atoms with Crippen molar-refractivity contribution in [1.29, 1.82) is 0 Å². The summed E-state index contributed by atoms with van der Waals surface area (Å²) >= 11 is 0. The van der Waals surface area contributed by atoms with Crippen LogP contribution in [0.5, 0.6) is 0 Å². The third-order valence-corrected chi connectivity index (χ3v) is 13.3. The van der Waals surface area contributed by atoms with Crippen molar-refractivity contribution in [2.45, 2.75) is 49.4 Å². The lowest BCUT2D eigenvalue weighted by Crippen LogP contribution is -2.33. The van der Waals surface area contributed by atoms with E-state index >= 15 is 0 Å². The molecule has 0 aliphatic carbocycles. The number of fused-ring (bicyclic) bond motifs is 2. The molecule has 29 nitrogen and oxygen atoms in total. The number of hydrogen-bond acceptors (Lipinski definition) is 22. The fraction of sp³-hybridized carbons (Fsp3) is 0.500. The first-order valence-electron chi connectivity index (χ1n) is 14.4. The molecule has 2 aliphatic heterocycles. The first kappa shape index (κ1) is 39.6. The molecule has 0 saturated carbocycles. The number of phosphoric ester groups is 2. The molecule has 33 heteroatoms. The van der Waals surface area contributed by atoms with Gasteiger partial charge in [-0.25, -0.2) is 38.2 Å². The lowest BCUT2D eigenvalue weighted by atomic mass is 10.1. The van der Waals surface area contributed by atoms with Crippen LogP contribution in [0.3, 0.4) is 0 Å². The standard InChI is InChI=1S/C20H28N10O19P4/c21-15-11-16(24-4-23-15)30(6-25-11)19-14(33)13(32)9(46-19)3-44-51(37,38)48-53(41,42)49-52(39,40)47-50(35,36)43-2-8-7(31)1-10(45-8)29-5-26-12-17(29)27-20(22)28-18(12)34/h4-10,13-14,19,31-33H,1-3H2,(H,35,36)(H,37,38)(H,39,40)(H,41,42)(H2,21,23,24)(H3,22,27,28,34)/t7-,8+,9+,10+,13+,14+,19+/m0/s1. The number of aliphatic hydroxyl groups excluding tert-OH is 3. The largest absolute Gasteiger partial charge is 0.490 e. The highest BCUT2D eigenvalue weighted by atomic mass is 31.3. The lowest BCUT2D eigenvalue weighted by Gasteiger charge is -2.21. The van der Waals surface area contributed by atoms with Crippen LogP contribution >= 0.6 is 31.3 Å². The molecule has 0 bridgehead atoms. The Kier molecular flexibility index (Phi) is 10.8. The van der Waals surface area contributed by atoms with Gasteiger partial charge >= 0.3 is 31.3 Å². The van der Waals surface area contributed by atoms with Crippen LogP contribution in [-0.2, 0) is 49.7 Å². The molecular formula is C20H28N10O19P4. The Morgan fingerprint density at radius 3 is 2.02 bits per heavy atom. The van der Waals surface area contributed by atoms with E-state index in [0.29, 0.717) is 0 Å². The van der Waals surface area contributed by atoms with Crippen LogP contribution in [0.4, 0.5) is 11.8 Å². The molecule has 0 aromatic carbocycles. The van der Waals surface area contributed by atoms with Crippen molar-refractivity contribution in [3.05, 3.63) is 29.3 Å². The third kappa shape index (κ3) is 8.73. The zero-order valence-corrected chi connectivity index (χ0v) is 29.6. The molecule has 4 aromatic heterocycles. The predicted octanol–water partition coefficient (Wildman–Crippen LogP) is -2.12. The number of hydrogen-bond donors (Lipinski definition) is 10. The van der Waals surface area contributed by atoms with Crippen molar-refractivity contribution in [2.75, 3.05) is 24.7 Å². The number of aromatic nitrogens is 8. The number of nitrogens with two attached hydrogens (primary N) is 2. The molecule has 0 amide bonds. The highest BCUT2D eigenvalue weighted by molar-refractivity contribution is 7.69. The molecule has 4 unspecified atom stereocenters. The van der Waals surface area contributed by atoms with E-state index in [0.717, 1.165) is 23.5 Å². The molecule has 12 N–H and O–H groups in total. The van der Waals surface area contributed by atoms with Crippen LogP contribution in [0.25, 0.3) is 22.3 Å². The van der Waals surface area contributed by atoms with Crippen LogP contribution < -0.4 is 17.0 Å². The Labute approximate surface area is 292 Å².